The number of anilines is 1. The van der Waals surface area contributed by atoms with Gasteiger partial charge in [-0.25, -0.2) is 4.98 Å². The Morgan fingerprint density at radius 1 is 0.848 bits per heavy atom. The molecule has 0 radical (unpaired) electrons. The highest BCUT2D eigenvalue weighted by atomic mass is 16.2. The zero-order valence-electron chi connectivity index (χ0n) is 18.6. The first kappa shape index (κ1) is 20.9. The summed E-state index contributed by atoms with van der Waals surface area (Å²) in [6.45, 7) is 3.19. The molecular weight excluding hydrogens is 410 g/mol. The molecule has 5 rings (SSSR count). The number of benzene rings is 3. The Bertz CT molecular complexity index is 1420. The van der Waals surface area contributed by atoms with E-state index in [-0.39, 0.29) is 11.5 Å². The van der Waals surface area contributed by atoms with Gasteiger partial charge >= 0.3 is 0 Å². The van der Waals surface area contributed by atoms with Crippen molar-refractivity contribution in [3.05, 3.63) is 106 Å². The van der Waals surface area contributed by atoms with Gasteiger partial charge in [-0.3, -0.25) is 14.2 Å². The van der Waals surface area contributed by atoms with Gasteiger partial charge in [0.1, 0.15) is 5.82 Å². The molecule has 33 heavy (non-hydrogen) atoms. The van der Waals surface area contributed by atoms with Gasteiger partial charge in [0.05, 0.1) is 22.2 Å². The lowest BCUT2D eigenvalue weighted by atomic mass is 10.1. The monoisotopic (exact) mass is 435 g/mol. The fourth-order valence-corrected chi connectivity index (χ4v) is 4.42. The number of para-hydroxylation sites is 2. The van der Waals surface area contributed by atoms with E-state index in [9.17, 15) is 9.59 Å². The fraction of sp³-hybridized carbons (Fsp3) is 0.179. The first-order chi connectivity index (χ1) is 16.2. The lowest BCUT2D eigenvalue weighted by Crippen LogP contribution is -2.27. The topological polar surface area (TPSA) is 55.2 Å². The Kier molecular flexibility index (Phi) is 5.61. The molecule has 0 unspecified atom stereocenters. The molecule has 1 amide bonds. The van der Waals surface area contributed by atoms with Crippen molar-refractivity contribution in [3.8, 4) is 0 Å². The second-order valence-corrected chi connectivity index (χ2v) is 8.21. The van der Waals surface area contributed by atoms with E-state index in [0.717, 1.165) is 23.2 Å². The third-order valence-corrected chi connectivity index (χ3v) is 6.04. The van der Waals surface area contributed by atoms with Crippen LogP contribution >= 0.6 is 0 Å². The first-order valence-corrected chi connectivity index (χ1v) is 11.3. The molecule has 1 aliphatic rings. The van der Waals surface area contributed by atoms with Crippen molar-refractivity contribution >= 4 is 34.1 Å². The minimum Gasteiger partial charge on any atom is -0.308 e. The third-order valence-electron chi connectivity index (χ3n) is 6.04. The number of rotatable bonds is 6. The van der Waals surface area contributed by atoms with E-state index in [4.69, 9.17) is 4.98 Å². The summed E-state index contributed by atoms with van der Waals surface area (Å²) < 4.78 is 1.70. The van der Waals surface area contributed by atoms with E-state index in [0.29, 0.717) is 41.8 Å². The molecule has 0 N–H and O–H groups in total. The Labute approximate surface area is 192 Å². The summed E-state index contributed by atoms with van der Waals surface area (Å²) in [6.07, 6.45) is 3.35. The van der Waals surface area contributed by atoms with Crippen LogP contribution in [-0.4, -0.2) is 22.0 Å². The Balaban J connectivity index is 1.65. The van der Waals surface area contributed by atoms with E-state index in [1.165, 1.54) is 0 Å². The maximum Gasteiger partial charge on any atom is 0.261 e. The van der Waals surface area contributed by atoms with E-state index in [1.54, 1.807) is 16.7 Å². The summed E-state index contributed by atoms with van der Waals surface area (Å²) in [5, 5.41) is 0.582. The summed E-state index contributed by atoms with van der Waals surface area (Å²) in [4.78, 5) is 33.4. The second kappa shape index (κ2) is 8.87. The predicted molar refractivity (Wildman–Crippen MR) is 133 cm³/mol. The van der Waals surface area contributed by atoms with Crippen LogP contribution < -0.4 is 10.5 Å². The number of fused-ring (bicyclic) bond motifs is 2. The van der Waals surface area contributed by atoms with Crippen LogP contribution in [0.15, 0.2) is 83.7 Å². The van der Waals surface area contributed by atoms with Gasteiger partial charge < -0.3 is 4.90 Å². The van der Waals surface area contributed by atoms with Crippen molar-refractivity contribution < 1.29 is 4.79 Å². The van der Waals surface area contributed by atoms with Gasteiger partial charge in [0, 0.05) is 18.7 Å². The largest absolute Gasteiger partial charge is 0.308 e. The molecule has 0 aliphatic carbocycles. The molecule has 0 bridgehead atoms. The van der Waals surface area contributed by atoms with Crippen LogP contribution in [0.25, 0.3) is 22.6 Å². The lowest BCUT2D eigenvalue weighted by Gasteiger charge is -2.15. The zero-order valence-corrected chi connectivity index (χ0v) is 18.6. The lowest BCUT2D eigenvalue weighted by molar-refractivity contribution is -0.113. The number of aryl methyl sites for hydroxylation is 1. The maximum absolute atomic E-state index is 13.4. The Hall–Kier alpha value is -3.99. The van der Waals surface area contributed by atoms with Crippen LogP contribution in [0.3, 0.4) is 0 Å². The van der Waals surface area contributed by atoms with Crippen molar-refractivity contribution in [1.82, 2.24) is 9.55 Å². The number of hydrogen-bond acceptors (Lipinski definition) is 3. The van der Waals surface area contributed by atoms with Crippen LogP contribution in [-0.2, 0) is 17.8 Å². The van der Waals surface area contributed by atoms with Gasteiger partial charge in [-0.05, 0) is 42.7 Å². The van der Waals surface area contributed by atoms with Crippen LogP contribution in [0.1, 0.15) is 30.3 Å². The van der Waals surface area contributed by atoms with Gasteiger partial charge in [0.25, 0.3) is 11.5 Å². The van der Waals surface area contributed by atoms with Crippen molar-refractivity contribution in [2.75, 3.05) is 11.4 Å². The van der Waals surface area contributed by atoms with Gasteiger partial charge in [-0.2, -0.15) is 0 Å². The van der Waals surface area contributed by atoms with Gasteiger partial charge in [0.15, 0.2) is 0 Å². The van der Waals surface area contributed by atoms with Gasteiger partial charge in [-0.15, -0.1) is 0 Å². The van der Waals surface area contributed by atoms with Crippen LogP contribution in [0.5, 0.6) is 0 Å². The van der Waals surface area contributed by atoms with Crippen molar-refractivity contribution in [1.29, 1.82) is 0 Å². The summed E-state index contributed by atoms with van der Waals surface area (Å²) in [5.74, 6) is 0.459. The first-order valence-electron chi connectivity index (χ1n) is 11.3. The number of carbonyl (C=O) groups excluding carboxylic acids is 1. The SMILES string of the molecule is CCCN1C(=O)/C(=C\c2nc3ccccc3c(=O)n2CCc2ccccc2)c2ccccc21. The molecule has 1 aliphatic heterocycles. The molecule has 4 aromatic rings. The highest BCUT2D eigenvalue weighted by molar-refractivity contribution is 6.35. The summed E-state index contributed by atoms with van der Waals surface area (Å²) >= 11 is 0. The quantitative estimate of drug-likeness (QED) is 0.403. The van der Waals surface area contributed by atoms with Gasteiger partial charge in [-0.1, -0.05) is 67.6 Å². The Morgan fingerprint density at radius 2 is 1.58 bits per heavy atom. The number of aromatic nitrogens is 2. The molecule has 0 saturated carbocycles. The second-order valence-electron chi connectivity index (χ2n) is 8.21. The van der Waals surface area contributed by atoms with E-state index >= 15 is 0 Å². The van der Waals surface area contributed by atoms with Crippen LogP contribution in [0.4, 0.5) is 5.69 Å². The molecular formula is C28H25N3O2. The molecule has 0 saturated heterocycles. The molecule has 0 atom stereocenters. The summed E-state index contributed by atoms with van der Waals surface area (Å²) in [7, 11) is 0. The average molecular weight is 436 g/mol. The maximum atomic E-state index is 13.4. The third kappa shape index (κ3) is 3.87. The normalized spacial score (nSPS) is 14.3. The van der Waals surface area contributed by atoms with E-state index in [1.807, 2.05) is 65.6 Å². The summed E-state index contributed by atoms with van der Waals surface area (Å²) in [5.41, 5.74) is 4.06. The molecule has 5 heteroatoms. The average Bonchev–Trinajstić information content (AvgIpc) is 3.11. The van der Waals surface area contributed by atoms with E-state index in [2.05, 4.69) is 19.1 Å². The van der Waals surface area contributed by atoms with Crippen LogP contribution in [0, 0.1) is 0 Å². The highest BCUT2D eigenvalue weighted by Gasteiger charge is 2.31. The molecule has 1 aromatic heterocycles. The molecule has 3 aromatic carbocycles. The Morgan fingerprint density at radius 3 is 2.39 bits per heavy atom. The van der Waals surface area contributed by atoms with Crippen LogP contribution in [0.2, 0.25) is 0 Å². The molecule has 5 nitrogen and oxygen atoms in total. The molecule has 2 heterocycles. The molecule has 0 spiro atoms. The standard InChI is InChI=1S/C28H25N3O2/c1-2-17-30-25-15-9-7-12-21(25)23(28(30)33)19-26-29-24-14-8-6-13-22(24)27(32)31(26)18-16-20-10-4-3-5-11-20/h3-15,19H,2,16-18H2,1H3/b23-19-. The molecule has 0 fully saturated rings. The summed E-state index contributed by atoms with van der Waals surface area (Å²) in [6, 6.07) is 25.3. The minimum absolute atomic E-state index is 0.0462. The number of nitrogens with zero attached hydrogens (tertiary/aromatic N) is 3. The smallest absolute Gasteiger partial charge is 0.261 e. The number of hydrogen-bond donors (Lipinski definition) is 0. The van der Waals surface area contributed by atoms with Crippen molar-refractivity contribution in [2.45, 2.75) is 26.3 Å². The molecule has 164 valence electrons. The van der Waals surface area contributed by atoms with Crippen molar-refractivity contribution in [2.24, 2.45) is 0 Å². The number of amides is 1. The fourth-order valence-electron chi connectivity index (χ4n) is 4.42. The predicted octanol–water partition coefficient (Wildman–Crippen LogP) is 4.94. The van der Waals surface area contributed by atoms with Crippen molar-refractivity contribution in [3.63, 3.8) is 0 Å². The van der Waals surface area contributed by atoms with E-state index < -0.39 is 0 Å². The minimum atomic E-state index is -0.0903. The van der Waals surface area contributed by atoms with Gasteiger partial charge in [0.2, 0.25) is 0 Å². The highest BCUT2D eigenvalue weighted by Crippen LogP contribution is 2.37. The zero-order chi connectivity index (χ0) is 22.8. The number of carbonyl (C=O) groups is 1.